The standard InChI is InChI=1S/C8H8IN3/c9-5-7-1-3-8(4-2-7)6-11-12-10/h1-4H,5-6H2. The minimum atomic E-state index is 0.442. The monoisotopic (exact) mass is 273 g/mol. The summed E-state index contributed by atoms with van der Waals surface area (Å²) in [5, 5.41) is 3.48. The Bertz CT molecular complexity index is 288. The van der Waals surface area contributed by atoms with E-state index in [0.29, 0.717) is 6.54 Å². The van der Waals surface area contributed by atoms with Gasteiger partial charge in [-0.05, 0) is 16.7 Å². The molecule has 62 valence electrons. The van der Waals surface area contributed by atoms with E-state index in [1.54, 1.807) is 0 Å². The lowest BCUT2D eigenvalue weighted by atomic mass is 10.2. The van der Waals surface area contributed by atoms with Crippen molar-refractivity contribution < 1.29 is 0 Å². The van der Waals surface area contributed by atoms with Crippen molar-refractivity contribution in [2.24, 2.45) is 5.11 Å². The first-order valence-corrected chi connectivity index (χ1v) is 5.04. The molecule has 1 aromatic rings. The van der Waals surface area contributed by atoms with E-state index in [-0.39, 0.29) is 0 Å². The third-order valence-corrected chi connectivity index (χ3v) is 2.37. The fourth-order valence-electron chi connectivity index (χ4n) is 0.847. The summed E-state index contributed by atoms with van der Waals surface area (Å²) in [7, 11) is 0. The molecule has 0 saturated heterocycles. The molecular weight excluding hydrogens is 265 g/mol. The van der Waals surface area contributed by atoms with Gasteiger partial charge in [0, 0.05) is 9.34 Å². The van der Waals surface area contributed by atoms with Gasteiger partial charge >= 0.3 is 0 Å². The van der Waals surface area contributed by atoms with Gasteiger partial charge in [0.15, 0.2) is 0 Å². The molecule has 1 rings (SSSR count). The quantitative estimate of drug-likeness (QED) is 0.266. The molecule has 12 heavy (non-hydrogen) atoms. The Balaban J connectivity index is 2.70. The van der Waals surface area contributed by atoms with Crippen molar-refractivity contribution in [1.29, 1.82) is 0 Å². The van der Waals surface area contributed by atoms with E-state index in [1.807, 2.05) is 12.1 Å². The van der Waals surface area contributed by atoms with Gasteiger partial charge < -0.3 is 0 Å². The lowest BCUT2D eigenvalue weighted by molar-refractivity contribution is 1.05. The first-order valence-electron chi connectivity index (χ1n) is 3.51. The average Bonchev–Trinajstić information content (AvgIpc) is 2.15. The number of hydrogen-bond acceptors (Lipinski definition) is 1. The normalized spacial score (nSPS) is 9.08. The van der Waals surface area contributed by atoms with Gasteiger partial charge in [-0.2, -0.15) is 0 Å². The summed E-state index contributed by atoms with van der Waals surface area (Å²) in [5.74, 6) is 0. The fraction of sp³-hybridized carbons (Fsp3) is 0.250. The highest BCUT2D eigenvalue weighted by Gasteiger charge is 1.90. The summed E-state index contributed by atoms with van der Waals surface area (Å²) in [6, 6.07) is 8.08. The summed E-state index contributed by atoms with van der Waals surface area (Å²) in [4.78, 5) is 2.70. The first kappa shape index (κ1) is 9.35. The zero-order valence-corrected chi connectivity index (χ0v) is 8.60. The van der Waals surface area contributed by atoms with Gasteiger partial charge in [-0.15, -0.1) is 0 Å². The van der Waals surface area contributed by atoms with Crippen LogP contribution in [0.4, 0.5) is 0 Å². The number of azide groups is 1. The van der Waals surface area contributed by atoms with Crippen molar-refractivity contribution in [3.05, 3.63) is 45.8 Å². The molecule has 0 N–H and O–H groups in total. The van der Waals surface area contributed by atoms with Crippen LogP contribution in [0, 0.1) is 0 Å². The van der Waals surface area contributed by atoms with Crippen LogP contribution < -0.4 is 0 Å². The van der Waals surface area contributed by atoms with E-state index >= 15 is 0 Å². The third-order valence-electron chi connectivity index (χ3n) is 1.49. The summed E-state index contributed by atoms with van der Waals surface area (Å²) in [5.41, 5.74) is 10.4. The van der Waals surface area contributed by atoms with Crippen LogP contribution in [0.3, 0.4) is 0 Å². The Labute approximate surface area is 84.6 Å². The van der Waals surface area contributed by atoms with Crippen molar-refractivity contribution in [2.45, 2.75) is 11.0 Å². The van der Waals surface area contributed by atoms with E-state index in [0.717, 1.165) is 9.99 Å². The lowest BCUT2D eigenvalue weighted by Crippen LogP contribution is -1.81. The van der Waals surface area contributed by atoms with E-state index in [1.165, 1.54) is 5.56 Å². The molecule has 0 aliphatic heterocycles. The minimum Gasteiger partial charge on any atom is -0.0893 e. The molecule has 0 heterocycles. The molecular formula is C8H8IN3. The largest absolute Gasteiger partial charge is 0.0893 e. The van der Waals surface area contributed by atoms with Crippen LogP contribution in [0.5, 0.6) is 0 Å². The smallest absolute Gasteiger partial charge is 0.0510 e. The Hall–Kier alpha value is -0.740. The minimum absolute atomic E-state index is 0.442. The zero-order valence-electron chi connectivity index (χ0n) is 6.44. The number of alkyl halides is 1. The van der Waals surface area contributed by atoms with Crippen LogP contribution in [0.15, 0.2) is 29.4 Å². The molecule has 0 saturated carbocycles. The van der Waals surface area contributed by atoms with Gasteiger partial charge in [0.1, 0.15) is 0 Å². The summed E-state index contributed by atoms with van der Waals surface area (Å²) >= 11 is 2.31. The summed E-state index contributed by atoms with van der Waals surface area (Å²) in [6.07, 6.45) is 0. The van der Waals surface area contributed by atoms with Gasteiger partial charge in [-0.3, -0.25) is 0 Å². The summed E-state index contributed by atoms with van der Waals surface area (Å²) in [6.45, 7) is 0.442. The molecule has 0 bridgehead atoms. The number of nitrogens with zero attached hydrogens (tertiary/aromatic N) is 3. The third kappa shape index (κ3) is 2.71. The lowest BCUT2D eigenvalue weighted by Gasteiger charge is -1.96. The van der Waals surface area contributed by atoms with Gasteiger partial charge in [-0.1, -0.05) is 52.0 Å². The highest BCUT2D eigenvalue weighted by molar-refractivity contribution is 14.1. The maximum atomic E-state index is 8.09. The van der Waals surface area contributed by atoms with Gasteiger partial charge in [0.25, 0.3) is 0 Å². The van der Waals surface area contributed by atoms with Crippen molar-refractivity contribution in [2.75, 3.05) is 0 Å². The second kappa shape index (κ2) is 5.00. The molecule has 4 heteroatoms. The SMILES string of the molecule is [N-]=[N+]=NCc1ccc(CI)cc1. The molecule has 0 aromatic heterocycles. The van der Waals surface area contributed by atoms with Crippen LogP contribution in [0.2, 0.25) is 0 Å². The molecule has 0 unspecified atom stereocenters. The highest BCUT2D eigenvalue weighted by Crippen LogP contribution is 2.08. The molecule has 0 radical (unpaired) electrons. The van der Waals surface area contributed by atoms with Crippen LogP contribution in [-0.2, 0) is 11.0 Å². The molecule has 0 aliphatic rings. The maximum absolute atomic E-state index is 8.09. The van der Waals surface area contributed by atoms with E-state index < -0.39 is 0 Å². The Kier molecular flexibility index (Phi) is 3.90. The molecule has 0 fully saturated rings. The van der Waals surface area contributed by atoms with Crippen molar-refractivity contribution in [1.82, 2.24) is 0 Å². The number of rotatable bonds is 3. The Morgan fingerprint density at radius 2 is 1.83 bits per heavy atom. The van der Waals surface area contributed by atoms with Crippen molar-refractivity contribution >= 4 is 22.6 Å². The molecule has 0 spiro atoms. The second-order valence-electron chi connectivity index (χ2n) is 2.34. The zero-order chi connectivity index (χ0) is 8.81. The van der Waals surface area contributed by atoms with Crippen LogP contribution in [0.1, 0.15) is 11.1 Å². The molecule has 1 aromatic carbocycles. The maximum Gasteiger partial charge on any atom is 0.0510 e. The van der Waals surface area contributed by atoms with Crippen LogP contribution in [-0.4, -0.2) is 0 Å². The average molecular weight is 273 g/mol. The Morgan fingerprint density at radius 3 is 2.33 bits per heavy atom. The molecule has 3 nitrogen and oxygen atoms in total. The highest BCUT2D eigenvalue weighted by atomic mass is 127. The van der Waals surface area contributed by atoms with Gasteiger partial charge in [-0.25, -0.2) is 0 Å². The van der Waals surface area contributed by atoms with E-state index in [9.17, 15) is 0 Å². The topological polar surface area (TPSA) is 48.8 Å². The predicted octanol–water partition coefficient (Wildman–Crippen LogP) is 3.43. The molecule has 0 aliphatic carbocycles. The summed E-state index contributed by atoms with van der Waals surface area (Å²) < 4.78 is 1.01. The van der Waals surface area contributed by atoms with Crippen molar-refractivity contribution in [3.63, 3.8) is 0 Å². The predicted molar refractivity (Wildman–Crippen MR) is 57.0 cm³/mol. The molecule has 0 atom stereocenters. The van der Waals surface area contributed by atoms with E-state index in [4.69, 9.17) is 5.53 Å². The number of halogens is 1. The van der Waals surface area contributed by atoms with Crippen molar-refractivity contribution in [3.8, 4) is 0 Å². The van der Waals surface area contributed by atoms with Crippen LogP contribution >= 0.6 is 22.6 Å². The fourth-order valence-corrected chi connectivity index (χ4v) is 1.36. The molecule has 0 amide bonds. The van der Waals surface area contributed by atoms with Gasteiger partial charge in [0.05, 0.1) is 6.54 Å². The second-order valence-corrected chi connectivity index (χ2v) is 3.10. The van der Waals surface area contributed by atoms with E-state index in [2.05, 4.69) is 44.7 Å². The van der Waals surface area contributed by atoms with Crippen LogP contribution in [0.25, 0.3) is 10.4 Å². The number of hydrogen-bond donors (Lipinski definition) is 0. The first-order chi connectivity index (χ1) is 5.86. The van der Waals surface area contributed by atoms with Gasteiger partial charge in [0.2, 0.25) is 0 Å². The number of benzene rings is 1. The Morgan fingerprint density at radius 1 is 1.25 bits per heavy atom.